The van der Waals surface area contributed by atoms with Crippen molar-refractivity contribution in [2.75, 3.05) is 7.05 Å². The molecular weight excluding hydrogens is 272 g/mol. The summed E-state index contributed by atoms with van der Waals surface area (Å²) in [6, 6.07) is 18.6. The van der Waals surface area contributed by atoms with E-state index in [9.17, 15) is 4.79 Å². The topological polar surface area (TPSA) is 41.1 Å². The number of fused-ring (bicyclic) bond motifs is 1. The minimum absolute atomic E-state index is 0.0873. The van der Waals surface area contributed by atoms with Gasteiger partial charge in [-0.25, -0.2) is 0 Å². The SMILES string of the molecule is CNC1c2ccccc2C[C@@H]1NC(=O)C(C)c1ccccc1. The van der Waals surface area contributed by atoms with Crippen LogP contribution in [0.25, 0.3) is 0 Å². The van der Waals surface area contributed by atoms with E-state index in [4.69, 9.17) is 0 Å². The number of likely N-dealkylation sites (N-methyl/N-ethyl adjacent to an activating group) is 1. The summed E-state index contributed by atoms with van der Waals surface area (Å²) in [5, 5.41) is 6.56. The van der Waals surface area contributed by atoms with Crippen molar-refractivity contribution in [1.29, 1.82) is 0 Å². The van der Waals surface area contributed by atoms with Gasteiger partial charge in [0.15, 0.2) is 0 Å². The molecule has 0 saturated heterocycles. The van der Waals surface area contributed by atoms with Crippen LogP contribution in [0.5, 0.6) is 0 Å². The molecule has 2 aromatic carbocycles. The van der Waals surface area contributed by atoms with E-state index in [0.717, 1.165) is 12.0 Å². The van der Waals surface area contributed by atoms with Gasteiger partial charge in [0.1, 0.15) is 0 Å². The maximum Gasteiger partial charge on any atom is 0.227 e. The number of benzene rings is 2. The third-order valence-corrected chi connectivity index (χ3v) is 4.56. The summed E-state index contributed by atoms with van der Waals surface area (Å²) < 4.78 is 0. The van der Waals surface area contributed by atoms with Gasteiger partial charge in [0.05, 0.1) is 18.0 Å². The highest BCUT2D eigenvalue weighted by Crippen LogP contribution is 2.31. The third kappa shape index (κ3) is 2.77. The van der Waals surface area contributed by atoms with E-state index in [1.807, 2.05) is 44.3 Å². The maximum absolute atomic E-state index is 12.6. The van der Waals surface area contributed by atoms with Crippen molar-refractivity contribution in [3.8, 4) is 0 Å². The van der Waals surface area contributed by atoms with Gasteiger partial charge in [-0.1, -0.05) is 54.6 Å². The summed E-state index contributed by atoms with van der Waals surface area (Å²) in [6.45, 7) is 1.96. The lowest BCUT2D eigenvalue weighted by molar-refractivity contribution is -0.123. The zero-order valence-electron chi connectivity index (χ0n) is 13.0. The number of rotatable bonds is 4. The van der Waals surface area contributed by atoms with Crippen molar-refractivity contribution in [3.05, 3.63) is 71.3 Å². The molecule has 114 valence electrons. The zero-order chi connectivity index (χ0) is 15.5. The summed E-state index contributed by atoms with van der Waals surface area (Å²) in [6.07, 6.45) is 0.884. The molecule has 1 aliphatic carbocycles. The van der Waals surface area contributed by atoms with Gasteiger partial charge in [-0.3, -0.25) is 4.79 Å². The van der Waals surface area contributed by atoms with Crippen LogP contribution in [0.1, 0.15) is 35.6 Å². The Hall–Kier alpha value is -2.13. The maximum atomic E-state index is 12.6. The molecule has 22 heavy (non-hydrogen) atoms. The summed E-state index contributed by atoms with van der Waals surface area (Å²) in [7, 11) is 1.95. The molecule has 0 saturated carbocycles. The lowest BCUT2D eigenvalue weighted by atomic mass is 9.99. The second kappa shape index (κ2) is 6.32. The molecule has 0 heterocycles. The van der Waals surface area contributed by atoms with Crippen molar-refractivity contribution < 1.29 is 4.79 Å². The van der Waals surface area contributed by atoms with Crippen LogP contribution in [0.3, 0.4) is 0 Å². The molecule has 0 aromatic heterocycles. The van der Waals surface area contributed by atoms with E-state index in [0.29, 0.717) is 0 Å². The first-order valence-corrected chi connectivity index (χ1v) is 7.81. The van der Waals surface area contributed by atoms with Crippen molar-refractivity contribution in [2.24, 2.45) is 0 Å². The highest BCUT2D eigenvalue weighted by Gasteiger charge is 2.33. The van der Waals surface area contributed by atoms with Crippen LogP contribution in [-0.4, -0.2) is 19.0 Å². The van der Waals surface area contributed by atoms with E-state index in [1.165, 1.54) is 11.1 Å². The van der Waals surface area contributed by atoms with Crippen LogP contribution in [0.2, 0.25) is 0 Å². The molecule has 0 bridgehead atoms. The van der Waals surface area contributed by atoms with Crippen LogP contribution in [0, 0.1) is 0 Å². The van der Waals surface area contributed by atoms with Crippen LogP contribution in [-0.2, 0) is 11.2 Å². The molecule has 0 aliphatic heterocycles. The Morgan fingerprint density at radius 3 is 2.50 bits per heavy atom. The largest absolute Gasteiger partial charge is 0.351 e. The van der Waals surface area contributed by atoms with Gasteiger partial charge in [-0.2, -0.15) is 0 Å². The number of hydrogen-bond donors (Lipinski definition) is 2. The normalized spacial score (nSPS) is 21.2. The smallest absolute Gasteiger partial charge is 0.227 e. The summed E-state index contributed by atoms with van der Waals surface area (Å²) in [5.74, 6) is -0.0494. The molecule has 2 unspecified atom stereocenters. The minimum atomic E-state index is -0.137. The second-order valence-corrected chi connectivity index (χ2v) is 5.92. The van der Waals surface area contributed by atoms with Gasteiger partial charge in [0.25, 0.3) is 0 Å². The van der Waals surface area contributed by atoms with E-state index < -0.39 is 0 Å². The molecule has 1 amide bonds. The van der Waals surface area contributed by atoms with Crippen molar-refractivity contribution in [3.63, 3.8) is 0 Å². The molecule has 1 aliphatic rings. The molecule has 0 spiro atoms. The Bertz CT molecular complexity index is 653. The fourth-order valence-corrected chi connectivity index (χ4v) is 3.29. The van der Waals surface area contributed by atoms with Crippen LogP contribution < -0.4 is 10.6 Å². The first-order valence-electron chi connectivity index (χ1n) is 7.81. The quantitative estimate of drug-likeness (QED) is 0.910. The minimum Gasteiger partial charge on any atom is -0.351 e. The summed E-state index contributed by atoms with van der Waals surface area (Å²) >= 11 is 0. The zero-order valence-corrected chi connectivity index (χ0v) is 13.0. The first kappa shape index (κ1) is 14.8. The van der Waals surface area contributed by atoms with E-state index in [-0.39, 0.29) is 23.9 Å². The lowest BCUT2D eigenvalue weighted by Crippen LogP contribution is -2.43. The van der Waals surface area contributed by atoms with Gasteiger partial charge < -0.3 is 10.6 Å². The molecule has 3 rings (SSSR count). The van der Waals surface area contributed by atoms with E-state index in [1.54, 1.807) is 0 Å². The standard InChI is InChI=1S/C19H22N2O/c1-13(14-8-4-3-5-9-14)19(22)21-17-12-15-10-6-7-11-16(15)18(17)20-2/h3-11,13,17-18,20H,12H2,1-2H3,(H,21,22)/t13?,17-,18?/m0/s1. The van der Waals surface area contributed by atoms with Crippen molar-refractivity contribution in [2.45, 2.75) is 31.3 Å². The third-order valence-electron chi connectivity index (χ3n) is 4.56. The molecule has 3 atom stereocenters. The Morgan fingerprint density at radius 2 is 1.77 bits per heavy atom. The van der Waals surface area contributed by atoms with Crippen LogP contribution in [0.4, 0.5) is 0 Å². The van der Waals surface area contributed by atoms with Crippen molar-refractivity contribution in [1.82, 2.24) is 10.6 Å². The Kier molecular flexibility index (Phi) is 4.25. The summed E-state index contributed by atoms with van der Waals surface area (Å²) in [4.78, 5) is 12.6. The fourth-order valence-electron chi connectivity index (χ4n) is 3.29. The molecule has 0 radical (unpaired) electrons. The summed E-state index contributed by atoms with van der Waals surface area (Å²) in [5.41, 5.74) is 3.67. The molecule has 2 N–H and O–H groups in total. The Morgan fingerprint density at radius 1 is 1.09 bits per heavy atom. The molecule has 3 heteroatoms. The van der Waals surface area contributed by atoms with E-state index >= 15 is 0 Å². The average molecular weight is 294 g/mol. The van der Waals surface area contributed by atoms with Gasteiger partial charge >= 0.3 is 0 Å². The monoisotopic (exact) mass is 294 g/mol. The lowest BCUT2D eigenvalue weighted by Gasteiger charge is -2.23. The molecule has 2 aromatic rings. The molecule has 0 fully saturated rings. The second-order valence-electron chi connectivity index (χ2n) is 5.92. The van der Waals surface area contributed by atoms with Gasteiger partial charge in [0.2, 0.25) is 5.91 Å². The Balaban J connectivity index is 1.73. The number of hydrogen-bond acceptors (Lipinski definition) is 2. The Labute approximate surface area is 131 Å². The predicted octanol–water partition coefficient (Wildman–Crippen LogP) is 2.79. The van der Waals surface area contributed by atoms with Crippen LogP contribution >= 0.6 is 0 Å². The molecule has 3 nitrogen and oxygen atoms in total. The molecular formula is C19H22N2O. The van der Waals surface area contributed by atoms with E-state index in [2.05, 4.69) is 34.9 Å². The predicted molar refractivity (Wildman–Crippen MR) is 88.7 cm³/mol. The number of amides is 1. The van der Waals surface area contributed by atoms with Gasteiger partial charge in [-0.15, -0.1) is 0 Å². The van der Waals surface area contributed by atoms with Crippen molar-refractivity contribution >= 4 is 5.91 Å². The average Bonchev–Trinajstić information content (AvgIpc) is 2.91. The van der Waals surface area contributed by atoms with Gasteiger partial charge in [-0.05, 0) is 37.1 Å². The number of carbonyl (C=O) groups excluding carboxylic acids is 1. The number of nitrogens with one attached hydrogen (secondary N) is 2. The highest BCUT2D eigenvalue weighted by atomic mass is 16.1. The fraction of sp³-hybridized carbons (Fsp3) is 0.316. The van der Waals surface area contributed by atoms with Crippen LogP contribution in [0.15, 0.2) is 54.6 Å². The highest BCUT2D eigenvalue weighted by molar-refractivity contribution is 5.83. The first-order chi connectivity index (χ1) is 10.7. The number of carbonyl (C=O) groups is 1. The van der Waals surface area contributed by atoms with Gasteiger partial charge in [0, 0.05) is 0 Å².